The van der Waals surface area contributed by atoms with Gasteiger partial charge in [0.1, 0.15) is 11.2 Å². The Bertz CT molecular complexity index is 1170. The van der Waals surface area contributed by atoms with Crippen molar-refractivity contribution in [1.82, 2.24) is 9.55 Å². The maximum Gasteiger partial charge on any atom is 0.271 e. The van der Waals surface area contributed by atoms with Gasteiger partial charge < -0.3 is 5.32 Å². The summed E-state index contributed by atoms with van der Waals surface area (Å²) in [4.78, 5) is 30.3. The number of nitrogens with zero attached hydrogens (tertiary/aromatic N) is 2. The normalized spacial score (nSPS) is 10.9. The van der Waals surface area contributed by atoms with Gasteiger partial charge in [0, 0.05) is 15.0 Å². The van der Waals surface area contributed by atoms with Crippen LogP contribution in [0.5, 0.6) is 0 Å². The molecule has 1 N–H and O–H groups in total. The first-order valence-electron chi connectivity index (χ1n) is 8.20. The Morgan fingerprint density at radius 3 is 2.59 bits per heavy atom. The number of amides is 1. The summed E-state index contributed by atoms with van der Waals surface area (Å²) < 4.78 is 2.88. The Hall–Kier alpha value is -2.77. The molecule has 5 nitrogen and oxygen atoms in total. The SMILES string of the molecule is O=C(Cn1cnc2cc(-c3ccc(Br)cc3)sc2c1=O)Nc1ccccc1. The topological polar surface area (TPSA) is 64.0 Å². The Morgan fingerprint density at radius 2 is 1.85 bits per heavy atom. The molecule has 7 heteroatoms. The zero-order chi connectivity index (χ0) is 18.8. The van der Waals surface area contributed by atoms with Gasteiger partial charge in [0.25, 0.3) is 5.56 Å². The van der Waals surface area contributed by atoms with E-state index in [-0.39, 0.29) is 18.0 Å². The van der Waals surface area contributed by atoms with E-state index in [1.807, 2.05) is 48.5 Å². The van der Waals surface area contributed by atoms with E-state index >= 15 is 0 Å². The maximum absolute atomic E-state index is 12.8. The van der Waals surface area contributed by atoms with Gasteiger partial charge in [0.2, 0.25) is 5.91 Å². The van der Waals surface area contributed by atoms with E-state index in [1.54, 1.807) is 12.1 Å². The van der Waals surface area contributed by atoms with Gasteiger partial charge in [-0.25, -0.2) is 4.98 Å². The van der Waals surface area contributed by atoms with Crippen molar-refractivity contribution in [2.24, 2.45) is 0 Å². The number of hydrogen-bond acceptors (Lipinski definition) is 4. The molecule has 0 aliphatic heterocycles. The minimum Gasteiger partial charge on any atom is -0.325 e. The molecule has 0 saturated carbocycles. The predicted molar refractivity (Wildman–Crippen MR) is 112 cm³/mol. The summed E-state index contributed by atoms with van der Waals surface area (Å²) in [6, 6.07) is 18.9. The van der Waals surface area contributed by atoms with Crippen LogP contribution < -0.4 is 10.9 Å². The summed E-state index contributed by atoms with van der Waals surface area (Å²) in [5.74, 6) is -0.269. The predicted octanol–water partition coefficient (Wildman–Crippen LogP) is 4.53. The number of fused-ring (bicyclic) bond motifs is 1. The lowest BCUT2D eigenvalue weighted by atomic mass is 10.2. The van der Waals surface area contributed by atoms with Crippen molar-refractivity contribution in [1.29, 1.82) is 0 Å². The Balaban J connectivity index is 1.61. The summed E-state index contributed by atoms with van der Waals surface area (Å²) in [6.07, 6.45) is 1.42. The number of hydrogen-bond donors (Lipinski definition) is 1. The average molecular weight is 440 g/mol. The second-order valence-electron chi connectivity index (χ2n) is 5.92. The molecule has 0 aliphatic rings. The fourth-order valence-electron chi connectivity index (χ4n) is 2.69. The van der Waals surface area contributed by atoms with Crippen LogP contribution in [-0.4, -0.2) is 15.5 Å². The number of anilines is 1. The molecule has 27 heavy (non-hydrogen) atoms. The molecule has 0 atom stereocenters. The minimum absolute atomic E-state index is 0.0812. The van der Waals surface area contributed by atoms with E-state index in [0.717, 1.165) is 14.9 Å². The first kappa shape index (κ1) is 17.6. The summed E-state index contributed by atoms with van der Waals surface area (Å²) in [6.45, 7) is -0.0812. The van der Waals surface area contributed by atoms with Crippen molar-refractivity contribution >= 4 is 49.1 Å². The monoisotopic (exact) mass is 439 g/mol. The second kappa shape index (κ2) is 7.46. The van der Waals surface area contributed by atoms with E-state index in [0.29, 0.717) is 15.9 Å². The molecule has 0 saturated heterocycles. The van der Waals surface area contributed by atoms with Crippen molar-refractivity contribution in [2.75, 3.05) is 5.32 Å². The van der Waals surface area contributed by atoms with Gasteiger partial charge in [0.05, 0.1) is 11.8 Å². The molecule has 2 aromatic heterocycles. The second-order valence-corrected chi connectivity index (χ2v) is 7.89. The number of carbonyl (C=O) groups is 1. The van der Waals surface area contributed by atoms with E-state index < -0.39 is 0 Å². The molecule has 2 aromatic carbocycles. The van der Waals surface area contributed by atoms with Gasteiger partial charge in [-0.15, -0.1) is 11.3 Å². The van der Waals surface area contributed by atoms with Crippen molar-refractivity contribution < 1.29 is 4.79 Å². The zero-order valence-corrected chi connectivity index (χ0v) is 16.5. The van der Waals surface area contributed by atoms with Crippen LogP contribution in [-0.2, 0) is 11.3 Å². The number of para-hydroxylation sites is 1. The molecular weight excluding hydrogens is 426 g/mol. The highest BCUT2D eigenvalue weighted by atomic mass is 79.9. The summed E-state index contributed by atoms with van der Waals surface area (Å²) in [5, 5.41) is 2.77. The van der Waals surface area contributed by atoms with E-state index in [4.69, 9.17) is 0 Å². The summed E-state index contributed by atoms with van der Waals surface area (Å²) in [5.41, 5.74) is 2.14. The highest BCUT2D eigenvalue weighted by Crippen LogP contribution is 2.31. The number of thiophene rings is 1. The summed E-state index contributed by atoms with van der Waals surface area (Å²) in [7, 11) is 0. The Labute approximate surface area is 167 Å². The van der Waals surface area contributed by atoms with Crippen LogP contribution >= 0.6 is 27.3 Å². The van der Waals surface area contributed by atoms with E-state index in [9.17, 15) is 9.59 Å². The van der Waals surface area contributed by atoms with Gasteiger partial charge in [0.15, 0.2) is 0 Å². The fraction of sp³-hybridized carbons (Fsp3) is 0.0500. The number of carbonyl (C=O) groups excluding carboxylic acids is 1. The zero-order valence-electron chi connectivity index (χ0n) is 14.1. The van der Waals surface area contributed by atoms with Crippen molar-refractivity contribution in [3.8, 4) is 10.4 Å². The third-order valence-corrected chi connectivity index (χ3v) is 5.69. The third-order valence-electron chi connectivity index (χ3n) is 4.00. The third kappa shape index (κ3) is 3.84. The number of halogens is 1. The van der Waals surface area contributed by atoms with E-state index in [2.05, 4.69) is 26.2 Å². The molecule has 1 amide bonds. The fourth-order valence-corrected chi connectivity index (χ4v) is 4.02. The van der Waals surface area contributed by atoms with Crippen molar-refractivity contribution in [3.05, 3.63) is 81.8 Å². The van der Waals surface area contributed by atoms with Crippen LogP contribution in [0.1, 0.15) is 0 Å². The molecule has 134 valence electrons. The first-order valence-corrected chi connectivity index (χ1v) is 9.81. The standard InChI is InChI=1S/C20H14BrN3O2S/c21-14-8-6-13(7-9-14)17-10-16-19(27-17)20(26)24(12-22-16)11-18(25)23-15-4-2-1-3-5-15/h1-10,12H,11H2,(H,23,25). The molecule has 0 aliphatic carbocycles. The molecule has 0 spiro atoms. The first-order chi connectivity index (χ1) is 13.1. The van der Waals surface area contributed by atoms with Crippen LogP contribution in [0.2, 0.25) is 0 Å². The van der Waals surface area contributed by atoms with Gasteiger partial charge >= 0.3 is 0 Å². The van der Waals surface area contributed by atoms with Gasteiger partial charge in [-0.3, -0.25) is 14.2 Å². The van der Waals surface area contributed by atoms with E-state index in [1.165, 1.54) is 22.2 Å². The molecule has 0 bridgehead atoms. The quantitative estimate of drug-likeness (QED) is 0.508. The Morgan fingerprint density at radius 1 is 1.11 bits per heavy atom. The van der Waals surface area contributed by atoms with Crippen molar-refractivity contribution in [3.63, 3.8) is 0 Å². The number of benzene rings is 2. The average Bonchev–Trinajstić information content (AvgIpc) is 3.10. The lowest BCUT2D eigenvalue weighted by Gasteiger charge is -2.06. The lowest BCUT2D eigenvalue weighted by Crippen LogP contribution is -2.27. The largest absolute Gasteiger partial charge is 0.325 e. The molecule has 4 rings (SSSR count). The van der Waals surface area contributed by atoms with Gasteiger partial charge in [-0.05, 0) is 35.9 Å². The molecule has 4 aromatic rings. The van der Waals surface area contributed by atoms with Crippen LogP contribution in [0.15, 0.2) is 76.3 Å². The number of nitrogens with one attached hydrogen (secondary N) is 1. The molecule has 0 unspecified atom stereocenters. The maximum atomic E-state index is 12.8. The lowest BCUT2D eigenvalue weighted by molar-refractivity contribution is -0.116. The summed E-state index contributed by atoms with van der Waals surface area (Å²) >= 11 is 4.81. The van der Waals surface area contributed by atoms with Crippen molar-refractivity contribution in [2.45, 2.75) is 6.54 Å². The number of rotatable bonds is 4. The molecule has 0 fully saturated rings. The highest BCUT2D eigenvalue weighted by Gasteiger charge is 2.12. The molecule has 0 radical (unpaired) electrons. The van der Waals surface area contributed by atoms with Crippen LogP contribution in [0.3, 0.4) is 0 Å². The van der Waals surface area contributed by atoms with Gasteiger partial charge in [-0.2, -0.15) is 0 Å². The smallest absolute Gasteiger partial charge is 0.271 e. The minimum atomic E-state index is -0.269. The highest BCUT2D eigenvalue weighted by molar-refractivity contribution is 9.10. The Kier molecular flexibility index (Phi) is 4.87. The van der Waals surface area contributed by atoms with Gasteiger partial charge in [-0.1, -0.05) is 46.3 Å². The molecular formula is C20H14BrN3O2S. The van der Waals surface area contributed by atoms with Crippen LogP contribution in [0.4, 0.5) is 5.69 Å². The van der Waals surface area contributed by atoms with Crippen LogP contribution in [0.25, 0.3) is 20.7 Å². The number of aromatic nitrogens is 2. The molecule has 2 heterocycles. The van der Waals surface area contributed by atoms with Crippen LogP contribution in [0, 0.1) is 0 Å².